The van der Waals surface area contributed by atoms with E-state index < -0.39 is 5.56 Å². The van der Waals surface area contributed by atoms with E-state index in [1.165, 1.54) is 6.07 Å². The van der Waals surface area contributed by atoms with E-state index in [1.54, 1.807) is 24.3 Å². The summed E-state index contributed by atoms with van der Waals surface area (Å²) in [6.07, 6.45) is 0.438. The van der Waals surface area contributed by atoms with Crippen LogP contribution in [-0.4, -0.2) is 16.2 Å². The van der Waals surface area contributed by atoms with Crippen LogP contribution in [0.3, 0.4) is 0 Å². The van der Waals surface area contributed by atoms with E-state index in [0.717, 1.165) is 0 Å². The van der Waals surface area contributed by atoms with E-state index in [4.69, 9.17) is 0 Å². The lowest BCUT2D eigenvalue weighted by molar-refractivity contribution is 0.106. The van der Waals surface area contributed by atoms with Crippen LogP contribution < -0.4 is 5.56 Å². The fourth-order valence-electron chi connectivity index (χ4n) is 1.35. The van der Waals surface area contributed by atoms with E-state index in [2.05, 4.69) is 0 Å². The maximum atomic E-state index is 11.5. The third kappa shape index (κ3) is 1.08. The van der Waals surface area contributed by atoms with Crippen LogP contribution in [0.1, 0.15) is 10.5 Å². The standard InChI is InChI=1S/C10H7NO3/c12-6-8-5-7-3-1-2-4-9(7)10(13)11(8)14/h1-6,14H. The van der Waals surface area contributed by atoms with Gasteiger partial charge in [0.2, 0.25) is 0 Å². The van der Waals surface area contributed by atoms with Crippen LogP contribution in [0, 0.1) is 0 Å². The van der Waals surface area contributed by atoms with E-state index in [1.807, 2.05) is 0 Å². The fraction of sp³-hybridized carbons (Fsp3) is 0. The van der Waals surface area contributed by atoms with Crippen molar-refractivity contribution in [2.75, 3.05) is 0 Å². The van der Waals surface area contributed by atoms with Gasteiger partial charge in [-0.1, -0.05) is 18.2 Å². The minimum Gasteiger partial charge on any atom is -0.425 e. The molecular weight excluding hydrogens is 182 g/mol. The molecule has 70 valence electrons. The lowest BCUT2D eigenvalue weighted by Gasteiger charge is -2.02. The zero-order chi connectivity index (χ0) is 10.1. The summed E-state index contributed by atoms with van der Waals surface area (Å²) in [5.41, 5.74) is -0.626. The van der Waals surface area contributed by atoms with Gasteiger partial charge in [-0.05, 0) is 17.5 Å². The molecule has 0 aliphatic carbocycles. The van der Waals surface area contributed by atoms with Crippen LogP contribution >= 0.6 is 0 Å². The molecule has 0 radical (unpaired) electrons. The van der Waals surface area contributed by atoms with Gasteiger partial charge in [0.05, 0.1) is 5.39 Å². The lowest BCUT2D eigenvalue weighted by atomic mass is 10.1. The Hall–Kier alpha value is -2.10. The second-order valence-electron chi connectivity index (χ2n) is 2.89. The molecule has 0 saturated carbocycles. The second kappa shape index (κ2) is 2.99. The molecule has 2 rings (SSSR count). The smallest absolute Gasteiger partial charge is 0.291 e. The Morgan fingerprint density at radius 2 is 2.00 bits per heavy atom. The van der Waals surface area contributed by atoms with Gasteiger partial charge in [-0.25, -0.2) is 0 Å². The minimum absolute atomic E-state index is 0.0475. The molecule has 14 heavy (non-hydrogen) atoms. The molecule has 0 aliphatic heterocycles. The summed E-state index contributed by atoms with van der Waals surface area (Å²) in [5, 5.41) is 10.3. The molecular formula is C10H7NO3. The third-order valence-electron chi connectivity index (χ3n) is 2.05. The highest BCUT2D eigenvalue weighted by Crippen LogP contribution is 2.09. The van der Waals surface area contributed by atoms with Crippen molar-refractivity contribution in [3.05, 3.63) is 46.4 Å². The molecule has 4 nitrogen and oxygen atoms in total. The fourth-order valence-corrected chi connectivity index (χ4v) is 1.35. The topological polar surface area (TPSA) is 59.3 Å². The summed E-state index contributed by atoms with van der Waals surface area (Å²) in [7, 11) is 0. The number of carbonyl (C=O) groups is 1. The summed E-state index contributed by atoms with van der Waals surface area (Å²) in [6, 6.07) is 8.23. The maximum Gasteiger partial charge on any atom is 0.291 e. The molecule has 1 aromatic carbocycles. The number of fused-ring (bicyclic) bond motifs is 1. The van der Waals surface area contributed by atoms with Crippen LogP contribution in [-0.2, 0) is 0 Å². The van der Waals surface area contributed by atoms with Crippen molar-refractivity contribution >= 4 is 17.1 Å². The van der Waals surface area contributed by atoms with Crippen LogP contribution in [0.5, 0.6) is 0 Å². The monoisotopic (exact) mass is 189 g/mol. The number of carbonyl (C=O) groups excluding carboxylic acids is 1. The number of hydrogen-bond donors (Lipinski definition) is 1. The predicted molar refractivity (Wildman–Crippen MR) is 50.8 cm³/mol. The molecule has 1 N–H and O–H groups in total. The molecule has 2 aromatic rings. The Kier molecular flexibility index (Phi) is 1.81. The van der Waals surface area contributed by atoms with Gasteiger partial charge >= 0.3 is 0 Å². The van der Waals surface area contributed by atoms with E-state index in [-0.39, 0.29) is 5.69 Å². The van der Waals surface area contributed by atoms with E-state index in [9.17, 15) is 14.8 Å². The van der Waals surface area contributed by atoms with Gasteiger partial charge in [-0.3, -0.25) is 9.59 Å². The molecule has 0 atom stereocenters. The Morgan fingerprint density at radius 3 is 2.71 bits per heavy atom. The van der Waals surface area contributed by atoms with Crippen molar-refractivity contribution in [1.29, 1.82) is 0 Å². The molecule has 0 unspecified atom stereocenters. The zero-order valence-electron chi connectivity index (χ0n) is 7.18. The SMILES string of the molecule is O=Cc1cc2ccccc2c(=O)n1O. The predicted octanol–water partition coefficient (Wildman–Crippen LogP) is 1.05. The number of aldehydes is 1. The van der Waals surface area contributed by atoms with Gasteiger partial charge in [-0.15, -0.1) is 4.73 Å². The highest BCUT2D eigenvalue weighted by molar-refractivity contribution is 5.86. The highest BCUT2D eigenvalue weighted by Gasteiger charge is 2.05. The minimum atomic E-state index is -0.579. The van der Waals surface area contributed by atoms with Gasteiger partial charge in [0.25, 0.3) is 5.56 Å². The second-order valence-corrected chi connectivity index (χ2v) is 2.89. The first-order valence-electron chi connectivity index (χ1n) is 4.03. The number of benzene rings is 1. The van der Waals surface area contributed by atoms with Gasteiger partial charge < -0.3 is 5.21 Å². The molecule has 0 spiro atoms. The number of pyridine rings is 1. The Bertz CT molecular complexity index is 557. The van der Waals surface area contributed by atoms with Crippen LogP contribution in [0.4, 0.5) is 0 Å². The van der Waals surface area contributed by atoms with Crippen molar-refractivity contribution in [1.82, 2.24) is 4.73 Å². The molecule has 1 heterocycles. The first-order valence-corrected chi connectivity index (χ1v) is 4.03. The molecule has 0 saturated heterocycles. The first-order chi connectivity index (χ1) is 6.74. The Labute approximate surface area is 79.0 Å². The molecule has 0 amide bonds. The lowest BCUT2D eigenvalue weighted by Crippen LogP contribution is -2.20. The van der Waals surface area contributed by atoms with Crippen molar-refractivity contribution < 1.29 is 10.0 Å². The third-order valence-corrected chi connectivity index (χ3v) is 2.05. The molecule has 0 aliphatic rings. The van der Waals surface area contributed by atoms with Crippen molar-refractivity contribution in [2.45, 2.75) is 0 Å². The van der Waals surface area contributed by atoms with Gasteiger partial charge in [0.1, 0.15) is 5.69 Å². The molecule has 0 bridgehead atoms. The largest absolute Gasteiger partial charge is 0.425 e. The quantitative estimate of drug-likeness (QED) is 0.538. The molecule has 1 aromatic heterocycles. The van der Waals surface area contributed by atoms with Gasteiger partial charge in [0.15, 0.2) is 6.29 Å². The number of nitrogens with zero attached hydrogens (tertiary/aromatic N) is 1. The average Bonchev–Trinajstić information content (AvgIpc) is 2.23. The van der Waals surface area contributed by atoms with Crippen molar-refractivity contribution in [3.8, 4) is 0 Å². The van der Waals surface area contributed by atoms with Gasteiger partial charge in [0, 0.05) is 0 Å². The summed E-state index contributed by atoms with van der Waals surface area (Å²) < 4.78 is 0.356. The van der Waals surface area contributed by atoms with Crippen molar-refractivity contribution in [2.24, 2.45) is 0 Å². The zero-order valence-corrected chi connectivity index (χ0v) is 7.18. The summed E-state index contributed by atoms with van der Waals surface area (Å²) in [4.78, 5) is 22.0. The Balaban J connectivity index is 2.99. The van der Waals surface area contributed by atoms with Crippen LogP contribution in [0.2, 0.25) is 0 Å². The Morgan fingerprint density at radius 1 is 1.29 bits per heavy atom. The van der Waals surface area contributed by atoms with Crippen LogP contribution in [0.25, 0.3) is 10.8 Å². The summed E-state index contributed by atoms with van der Waals surface area (Å²) in [5.74, 6) is 0. The summed E-state index contributed by atoms with van der Waals surface area (Å²) >= 11 is 0. The summed E-state index contributed by atoms with van der Waals surface area (Å²) in [6.45, 7) is 0. The highest BCUT2D eigenvalue weighted by atomic mass is 16.5. The van der Waals surface area contributed by atoms with Crippen LogP contribution in [0.15, 0.2) is 35.1 Å². The molecule has 0 fully saturated rings. The molecule has 4 heteroatoms. The van der Waals surface area contributed by atoms with Crippen molar-refractivity contribution in [3.63, 3.8) is 0 Å². The van der Waals surface area contributed by atoms with E-state index >= 15 is 0 Å². The number of rotatable bonds is 1. The number of hydrogen-bond acceptors (Lipinski definition) is 3. The number of aromatic nitrogens is 1. The average molecular weight is 189 g/mol. The first kappa shape index (κ1) is 8.50. The normalized spacial score (nSPS) is 10.3. The van der Waals surface area contributed by atoms with Gasteiger partial charge in [-0.2, -0.15) is 0 Å². The van der Waals surface area contributed by atoms with E-state index in [0.29, 0.717) is 21.8 Å². The maximum absolute atomic E-state index is 11.5.